The Balaban J connectivity index is 2.40. The molecule has 0 amide bonds. The van der Waals surface area contributed by atoms with Gasteiger partial charge < -0.3 is 4.74 Å². The van der Waals surface area contributed by atoms with Crippen LogP contribution >= 0.6 is 11.6 Å². The summed E-state index contributed by atoms with van der Waals surface area (Å²) in [5.74, 6) is 1.07. The smallest absolute Gasteiger partial charge is 0.161 e. The number of nitrogens with zero attached hydrogens (tertiary/aromatic N) is 2. The normalized spacial score (nSPS) is 25.3. The van der Waals surface area contributed by atoms with Crippen LogP contribution in [0.4, 0.5) is 0 Å². The molecule has 1 aromatic rings. The quantitative estimate of drug-likeness (QED) is 0.745. The Labute approximate surface area is 101 Å². The largest absolute Gasteiger partial charge is 0.367 e. The van der Waals surface area contributed by atoms with E-state index in [4.69, 9.17) is 16.3 Å². The fourth-order valence-corrected chi connectivity index (χ4v) is 2.11. The SMILES string of the molecule is CC(C)c1cc(Cl)nc(C2(C)CCCO2)n1. The zero-order valence-corrected chi connectivity index (χ0v) is 10.7. The van der Waals surface area contributed by atoms with Gasteiger partial charge in [-0.3, -0.25) is 0 Å². The lowest BCUT2D eigenvalue weighted by Gasteiger charge is -2.22. The van der Waals surface area contributed by atoms with Crippen molar-refractivity contribution >= 4 is 11.6 Å². The average molecular weight is 241 g/mol. The molecule has 0 saturated carbocycles. The summed E-state index contributed by atoms with van der Waals surface area (Å²) in [7, 11) is 0. The van der Waals surface area contributed by atoms with E-state index in [0.29, 0.717) is 11.1 Å². The highest BCUT2D eigenvalue weighted by atomic mass is 35.5. The van der Waals surface area contributed by atoms with Gasteiger partial charge >= 0.3 is 0 Å². The number of hydrogen-bond acceptors (Lipinski definition) is 3. The van der Waals surface area contributed by atoms with Crippen LogP contribution < -0.4 is 0 Å². The van der Waals surface area contributed by atoms with Gasteiger partial charge in [0, 0.05) is 12.3 Å². The Hall–Kier alpha value is -0.670. The van der Waals surface area contributed by atoms with Crippen LogP contribution in [0.1, 0.15) is 51.0 Å². The second kappa shape index (κ2) is 4.30. The molecule has 1 unspecified atom stereocenters. The summed E-state index contributed by atoms with van der Waals surface area (Å²) in [4.78, 5) is 8.87. The van der Waals surface area contributed by atoms with Crippen molar-refractivity contribution < 1.29 is 4.74 Å². The number of rotatable bonds is 2. The summed E-state index contributed by atoms with van der Waals surface area (Å²) >= 11 is 6.03. The minimum atomic E-state index is -0.353. The van der Waals surface area contributed by atoms with Gasteiger partial charge in [0.15, 0.2) is 5.82 Å². The van der Waals surface area contributed by atoms with E-state index in [1.165, 1.54) is 0 Å². The third kappa shape index (κ3) is 2.20. The summed E-state index contributed by atoms with van der Waals surface area (Å²) in [6.07, 6.45) is 2.02. The first-order chi connectivity index (χ1) is 7.51. The lowest BCUT2D eigenvalue weighted by molar-refractivity contribution is 0.00912. The molecule has 0 aromatic carbocycles. The van der Waals surface area contributed by atoms with Gasteiger partial charge in [0.2, 0.25) is 0 Å². The third-order valence-electron chi connectivity index (χ3n) is 3.00. The molecule has 0 aliphatic carbocycles. The van der Waals surface area contributed by atoms with Crippen LogP contribution in [0.2, 0.25) is 5.15 Å². The molecule has 1 aliphatic rings. The number of halogens is 1. The summed E-state index contributed by atoms with van der Waals surface area (Å²) in [6, 6.07) is 1.83. The van der Waals surface area contributed by atoms with E-state index in [2.05, 4.69) is 23.8 Å². The molecule has 16 heavy (non-hydrogen) atoms. The van der Waals surface area contributed by atoms with Gasteiger partial charge in [-0.15, -0.1) is 0 Å². The second-order valence-electron chi connectivity index (χ2n) is 4.78. The van der Waals surface area contributed by atoms with Gasteiger partial charge in [-0.05, 0) is 31.7 Å². The van der Waals surface area contributed by atoms with E-state index >= 15 is 0 Å². The highest BCUT2D eigenvalue weighted by Gasteiger charge is 2.35. The predicted octanol–water partition coefficient (Wildman–Crippen LogP) is 3.28. The maximum Gasteiger partial charge on any atom is 0.161 e. The molecule has 0 radical (unpaired) electrons. The minimum Gasteiger partial charge on any atom is -0.367 e. The van der Waals surface area contributed by atoms with Crippen molar-refractivity contribution in [3.63, 3.8) is 0 Å². The van der Waals surface area contributed by atoms with Crippen LogP contribution in [0, 0.1) is 0 Å². The van der Waals surface area contributed by atoms with Crippen LogP contribution in [-0.2, 0) is 10.3 Å². The molecule has 0 spiro atoms. The second-order valence-corrected chi connectivity index (χ2v) is 5.16. The molecular formula is C12H17ClN2O. The Bertz CT molecular complexity index is 387. The lowest BCUT2D eigenvalue weighted by Crippen LogP contribution is -2.24. The maximum absolute atomic E-state index is 6.03. The minimum absolute atomic E-state index is 0.351. The van der Waals surface area contributed by atoms with E-state index in [1.807, 2.05) is 13.0 Å². The summed E-state index contributed by atoms with van der Waals surface area (Å²) < 4.78 is 5.73. The van der Waals surface area contributed by atoms with E-state index in [9.17, 15) is 0 Å². The topological polar surface area (TPSA) is 35.0 Å². The Morgan fingerprint density at radius 3 is 2.75 bits per heavy atom. The van der Waals surface area contributed by atoms with E-state index < -0.39 is 0 Å². The highest BCUT2D eigenvalue weighted by molar-refractivity contribution is 6.29. The fraction of sp³-hybridized carbons (Fsp3) is 0.667. The van der Waals surface area contributed by atoms with Gasteiger partial charge in [-0.1, -0.05) is 25.4 Å². The molecule has 88 valence electrons. The fourth-order valence-electron chi connectivity index (χ4n) is 1.92. The molecule has 1 fully saturated rings. The van der Waals surface area contributed by atoms with Gasteiger partial charge in [0.25, 0.3) is 0 Å². The van der Waals surface area contributed by atoms with Gasteiger partial charge in [0.1, 0.15) is 10.8 Å². The first-order valence-electron chi connectivity index (χ1n) is 5.70. The van der Waals surface area contributed by atoms with Crippen LogP contribution in [0.3, 0.4) is 0 Å². The zero-order valence-electron chi connectivity index (χ0n) is 9.96. The van der Waals surface area contributed by atoms with Gasteiger partial charge in [-0.2, -0.15) is 0 Å². The molecule has 1 atom stereocenters. The van der Waals surface area contributed by atoms with Crippen molar-refractivity contribution in [3.05, 3.63) is 22.7 Å². The molecule has 1 aromatic heterocycles. The van der Waals surface area contributed by atoms with E-state index in [1.54, 1.807) is 0 Å². The summed E-state index contributed by atoms with van der Waals surface area (Å²) in [6.45, 7) is 7.01. The lowest BCUT2D eigenvalue weighted by atomic mass is 10.0. The molecule has 0 N–H and O–H groups in total. The first-order valence-corrected chi connectivity index (χ1v) is 6.08. The van der Waals surface area contributed by atoms with E-state index in [-0.39, 0.29) is 5.60 Å². The molecule has 2 rings (SSSR count). The van der Waals surface area contributed by atoms with Crippen molar-refractivity contribution in [1.82, 2.24) is 9.97 Å². The van der Waals surface area contributed by atoms with Crippen molar-refractivity contribution in [2.45, 2.75) is 45.1 Å². The van der Waals surface area contributed by atoms with Crippen LogP contribution in [0.15, 0.2) is 6.07 Å². The molecule has 1 aliphatic heterocycles. The first kappa shape index (κ1) is 11.8. The van der Waals surface area contributed by atoms with Crippen molar-refractivity contribution in [2.75, 3.05) is 6.61 Å². The van der Waals surface area contributed by atoms with Crippen LogP contribution in [0.5, 0.6) is 0 Å². The zero-order chi connectivity index (χ0) is 11.8. The highest BCUT2D eigenvalue weighted by Crippen LogP contribution is 2.34. The number of aromatic nitrogens is 2. The summed E-state index contributed by atoms with van der Waals surface area (Å²) in [5, 5.41) is 0.505. The molecule has 4 heteroatoms. The van der Waals surface area contributed by atoms with Crippen molar-refractivity contribution in [2.24, 2.45) is 0 Å². The average Bonchev–Trinajstić information content (AvgIpc) is 2.65. The Morgan fingerprint density at radius 1 is 1.44 bits per heavy atom. The van der Waals surface area contributed by atoms with Crippen LogP contribution in [0.25, 0.3) is 0 Å². The van der Waals surface area contributed by atoms with Gasteiger partial charge in [0.05, 0.1) is 0 Å². The Morgan fingerprint density at radius 2 is 2.19 bits per heavy atom. The Kier molecular flexibility index (Phi) is 3.17. The monoisotopic (exact) mass is 240 g/mol. The third-order valence-corrected chi connectivity index (χ3v) is 3.19. The maximum atomic E-state index is 6.03. The predicted molar refractivity (Wildman–Crippen MR) is 63.7 cm³/mol. The summed E-state index contributed by atoms with van der Waals surface area (Å²) in [5.41, 5.74) is 0.626. The van der Waals surface area contributed by atoms with Crippen molar-refractivity contribution in [3.8, 4) is 0 Å². The van der Waals surface area contributed by atoms with Crippen molar-refractivity contribution in [1.29, 1.82) is 0 Å². The molecule has 1 saturated heterocycles. The molecule has 3 nitrogen and oxygen atoms in total. The molecular weight excluding hydrogens is 224 g/mol. The molecule has 2 heterocycles. The van der Waals surface area contributed by atoms with Gasteiger partial charge in [-0.25, -0.2) is 9.97 Å². The molecule has 0 bridgehead atoms. The van der Waals surface area contributed by atoms with E-state index in [0.717, 1.165) is 31.0 Å². The number of hydrogen-bond donors (Lipinski definition) is 0. The van der Waals surface area contributed by atoms with Crippen LogP contribution in [-0.4, -0.2) is 16.6 Å². The number of ether oxygens (including phenoxy) is 1. The standard InChI is InChI=1S/C12H17ClN2O/c1-8(2)9-7-10(13)15-11(14-9)12(3)5-4-6-16-12/h7-8H,4-6H2,1-3H3.